The van der Waals surface area contributed by atoms with Crippen molar-refractivity contribution in [2.75, 3.05) is 26.7 Å². The van der Waals surface area contributed by atoms with Crippen LogP contribution in [-0.4, -0.2) is 59.4 Å². The molecule has 3 rings (SSSR count). The van der Waals surface area contributed by atoms with E-state index in [-0.39, 0.29) is 24.9 Å². The van der Waals surface area contributed by atoms with E-state index in [0.717, 1.165) is 10.9 Å². The van der Waals surface area contributed by atoms with Gasteiger partial charge in [0, 0.05) is 26.6 Å². The van der Waals surface area contributed by atoms with Gasteiger partial charge in [-0.15, -0.1) is 0 Å². The number of fused-ring (bicyclic) bond motifs is 1. The normalized spacial score (nSPS) is 16.8. The molecule has 0 aromatic heterocycles. The zero-order chi connectivity index (χ0) is 20.1. The molecule has 1 saturated heterocycles. The predicted octanol–water partition coefficient (Wildman–Crippen LogP) is 2.55. The van der Waals surface area contributed by atoms with Gasteiger partial charge in [0.05, 0.1) is 12.5 Å². The number of amides is 2. The van der Waals surface area contributed by atoms with Crippen molar-refractivity contribution in [1.82, 2.24) is 9.80 Å². The van der Waals surface area contributed by atoms with Gasteiger partial charge in [0.25, 0.3) is 0 Å². The SMILES string of the molecule is CN(CC(=O)N1CCCC(C(=O)O)C1)C(=O)CCc1ccc2ccccc2c1. The van der Waals surface area contributed by atoms with E-state index in [1.165, 1.54) is 10.3 Å². The van der Waals surface area contributed by atoms with Crippen molar-refractivity contribution in [3.8, 4) is 0 Å². The lowest BCUT2D eigenvalue weighted by molar-refractivity contribution is -0.147. The molecule has 1 fully saturated rings. The Morgan fingerprint density at radius 1 is 1.14 bits per heavy atom. The largest absolute Gasteiger partial charge is 0.481 e. The Labute approximate surface area is 164 Å². The second-order valence-electron chi connectivity index (χ2n) is 7.45. The second-order valence-corrected chi connectivity index (χ2v) is 7.45. The molecular formula is C22H26N2O4. The highest BCUT2D eigenvalue weighted by Crippen LogP contribution is 2.18. The molecule has 1 aliphatic rings. The molecule has 1 N–H and O–H groups in total. The number of carboxylic acids is 1. The molecule has 0 aliphatic carbocycles. The molecule has 1 atom stereocenters. The first-order valence-corrected chi connectivity index (χ1v) is 9.66. The summed E-state index contributed by atoms with van der Waals surface area (Å²) in [6.07, 6.45) is 2.23. The van der Waals surface area contributed by atoms with Crippen LogP contribution in [0.2, 0.25) is 0 Å². The van der Waals surface area contributed by atoms with Crippen molar-refractivity contribution in [2.24, 2.45) is 5.92 Å². The average molecular weight is 382 g/mol. The Morgan fingerprint density at radius 3 is 2.64 bits per heavy atom. The Morgan fingerprint density at radius 2 is 1.89 bits per heavy atom. The number of hydrogen-bond acceptors (Lipinski definition) is 3. The summed E-state index contributed by atoms with van der Waals surface area (Å²) < 4.78 is 0. The fraction of sp³-hybridized carbons (Fsp3) is 0.409. The Kier molecular flexibility index (Phi) is 6.29. The van der Waals surface area contributed by atoms with Gasteiger partial charge in [-0.1, -0.05) is 42.5 Å². The summed E-state index contributed by atoms with van der Waals surface area (Å²) in [6, 6.07) is 14.3. The third-order valence-electron chi connectivity index (χ3n) is 5.36. The number of rotatable bonds is 6. The quantitative estimate of drug-likeness (QED) is 0.833. The van der Waals surface area contributed by atoms with Crippen molar-refractivity contribution >= 4 is 28.6 Å². The van der Waals surface area contributed by atoms with E-state index in [1.807, 2.05) is 18.2 Å². The van der Waals surface area contributed by atoms with E-state index in [2.05, 4.69) is 24.3 Å². The highest BCUT2D eigenvalue weighted by molar-refractivity contribution is 5.86. The number of hydrogen-bond donors (Lipinski definition) is 1. The number of aliphatic carboxylic acids is 1. The van der Waals surface area contributed by atoms with Crippen molar-refractivity contribution in [1.29, 1.82) is 0 Å². The zero-order valence-electron chi connectivity index (χ0n) is 16.1. The highest BCUT2D eigenvalue weighted by atomic mass is 16.4. The number of piperidine rings is 1. The summed E-state index contributed by atoms with van der Waals surface area (Å²) in [7, 11) is 1.62. The summed E-state index contributed by atoms with van der Waals surface area (Å²) >= 11 is 0. The summed E-state index contributed by atoms with van der Waals surface area (Å²) in [4.78, 5) is 39.0. The zero-order valence-corrected chi connectivity index (χ0v) is 16.1. The van der Waals surface area contributed by atoms with Crippen LogP contribution in [-0.2, 0) is 20.8 Å². The van der Waals surface area contributed by atoms with Crippen LogP contribution in [0.1, 0.15) is 24.8 Å². The lowest BCUT2D eigenvalue weighted by atomic mass is 9.98. The van der Waals surface area contributed by atoms with Crippen LogP contribution in [0.4, 0.5) is 0 Å². The van der Waals surface area contributed by atoms with Crippen LogP contribution in [0.15, 0.2) is 42.5 Å². The van der Waals surface area contributed by atoms with E-state index < -0.39 is 11.9 Å². The van der Waals surface area contributed by atoms with Crippen LogP contribution in [0.5, 0.6) is 0 Å². The molecule has 148 valence electrons. The molecule has 0 spiro atoms. The molecule has 2 aromatic rings. The first-order valence-electron chi connectivity index (χ1n) is 9.66. The van der Waals surface area contributed by atoms with Crippen LogP contribution >= 0.6 is 0 Å². The molecule has 0 bridgehead atoms. The third kappa shape index (κ3) is 4.88. The smallest absolute Gasteiger partial charge is 0.308 e. The second kappa shape index (κ2) is 8.87. The molecular weight excluding hydrogens is 356 g/mol. The van der Waals surface area contributed by atoms with Gasteiger partial charge >= 0.3 is 5.97 Å². The van der Waals surface area contributed by atoms with E-state index in [4.69, 9.17) is 5.11 Å². The van der Waals surface area contributed by atoms with Gasteiger partial charge in [-0.2, -0.15) is 0 Å². The number of nitrogens with zero attached hydrogens (tertiary/aromatic N) is 2. The average Bonchev–Trinajstić information content (AvgIpc) is 2.71. The number of carbonyl (C=O) groups is 3. The van der Waals surface area contributed by atoms with Gasteiger partial charge < -0.3 is 14.9 Å². The van der Waals surface area contributed by atoms with E-state index in [1.54, 1.807) is 11.9 Å². The van der Waals surface area contributed by atoms with E-state index in [9.17, 15) is 14.4 Å². The molecule has 2 aromatic carbocycles. The number of likely N-dealkylation sites (N-methyl/N-ethyl adjacent to an activating group) is 1. The van der Waals surface area contributed by atoms with Crippen LogP contribution in [0.3, 0.4) is 0 Å². The fourth-order valence-electron chi connectivity index (χ4n) is 3.63. The molecule has 1 unspecified atom stereocenters. The first-order chi connectivity index (χ1) is 13.4. The Hall–Kier alpha value is -2.89. The highest BCUT2D eigenvalue weighted by Gasteiger charge is 2.28. The van der Waals surface area contributed by atoms with E-state index >= 15 is 0 Å². The molecule has 0 saturated carbocycles. The maximum absolute atomic E-state index is 12.4. The number of likely N-dealkylation sites (tertiary alicyclic amines) is 1. The molecule has 28 heavy (non-hydrogen) atoms. The Bertz CT molecular complexity index is 880. The molecule has 6 nitrogen and oxygen atoms in total. The lowest BCUT2D eigenvalue weighted by Gasteiger charge is -2.32. The summed E-state index contributed by atoms with van der Waals surface area (Å²) in [5.41, 5.74) is 1.09. The third-order valence-corrected chi connectivity index (χ3v) is 5.36. The number of aryl methyl sites for hydroxylation is 1. The summed E-state index contributed by atoms with van der Waals surface area (Å²) in [5, 5.41) is 11.5. The van der Waals surface area contributed by atoms with Crippen LogP contribution < -0.4 is 0 Å². The number of carbonyl (C=O) groups excluding carboxylic acids is 2. The van der Waals surface area contributed by atoms with Gasteiger partial charge in [0.1, 0.15) is 0 Å². The molecule has 1 heterocycles. The van der Waals surface area contributed by atoms with Crippen molar-refractivity contribution in [3.05, 3.63) is 48.0 Å². The van der Waals surface area contributed by atoms with Crippen LogP contribution in [0, 0.1) is 5.92 Å². The van der Waals surface area contributed by atoms with Gasteiger partial charge in [0.15, 0.2) is 0 Å². The molecule has 2 amide bonds. The predicted molar refractivity (Wildman–Crippen MR) is 107 cm³/mol. The number of benzene rings is 2. The fourth-order valence-corrected chi connectivity index (χ4v) is 3.63. The molecule has 6 heteroatoms. The Balaban J connectivity index is 1.51. The minimum Gasteiger partial charge on any atom is -0.481 e. The van der Waals surface area contributed by atoms with Gasteiger partial charge in [-0.3, -0.25) is 14.4 Å². The minimum atomic E-state index is -0.864. The van der Waals surface area contributed by atoms with Crippen molar-refractivity contribution in [3.63, 3.8) is 0 Å². The number of carboxylic acid groups (broad SMARTS) is 1. The maximum atomic E-state index is 12.4. The monoisotopic (exact) mass is 382 g/mol. The topological polar surface area (TPSA) is 77.9 Å². The van der Waals surface area contributed by atoms with Gasteiger partial charge in [-0.25, -0.2) is 0 Å². The van der Waals surface area contributed by atoms with E-state index in [0.29, 0.717) is 32.2 Å². The summed E-state index contributed by atoms with van der Waals surface area (Å²) in [6.45, 7) is 0.776. The van der Waals surface area contributed by atoms with Crippen molar-refractivity contribution < 1.29 is 19.5 Å². The minimum absolute atomic E-state index is 0.0110. The molecule has 0 radical (unpaired) electrons. The van der Waals surface area contributed by atoms with Crippen LogP contribution in [0.25, 0.3) is 10.8 Å². The lowest BCUT2D eigenvalue weighted by Crippen LogP contribution is -2.46. The standard InChI is InChI=1S/C22H26N2O4/c1-23(15-21(26)24-12-4-7-19(14-24)22(27)28)20(25)11-9-16-8-10-17-5-2-3-6-18(17)13-16/h2-3,5-6,8,10,13,19H,4,7,9,11-12,14-15H2,1H3,(H,27,28). The van der Waals surface area contributed by atoms with Gasteiger partial charge in [0.2, 0.25) is 11.8 Å². The van der Waals surface area contributed by atoms with Gasteiger partial charge in [-0.05, 0) is 35.6 Å². The maximum Gasteiger partial charge on any atom is 0.308 e. The first kappa shape index (κ1) is 19.9. The molecule has 1 aliphatic heterocycles. The van der Waals surface area contributed by atoms with Crippen molar-refractivity contribution in [2.45, 2.75) is 25.7 Å². The summed E-state index contributed by atoms with van der Waals surface area (Å²) in [5.74, 6) is -1.65.